The van der Waals surface area contributed by atoms with Gasteiger partial charge >= 0.3 is 0 Å². The maximum atomic E-state index is 12.8. The fourth-order valence-corrected chi connectivity index (χ4v) is 5.05. The number of ether oxygens (including phenoxy) is 3. The number of carbonyl (C=O) groups excluding carboxylic acids is 1. The summed E-state index contributed by atoms with van der Waals surface area (Å²) in [6, 6.07) is 13.9. The second-order valence-corrected chi connectivity index (χ2v) is 9.69. The number of amides is 1. The smallest absolute Gasteiger partial charge is 0.273 e. The first-order chi connectivity index (χ1) is 17.1. The zero-order valence-corrected chi connectivity index (χ0v) is 21.6. The quantitative estimate of drug-likeness (QED) is 0.395. The Bertz CT molecular complexity index is 1130. The first kappa shape index (κ1) is 25.4. The Hall–Kier alpha value is -2.65. The van der Waals surface area contributed by atoms with Crippen molar-refractivity contribution in [2.45, 2.75) is 19.5 Å². The predicted octanol–water partition coefficient (Wildman–Crippen LogP) is 4.53. The maximum Gasteiger partial charge on any atom is 0.273 e. The van der Waals surface area contributed by atoms with Crippen LogP contribution in [-0.2, 0) is 24.2 Å². The first-order valence-corrected chi connectivity index (χ1v) is 12.8. The monoisotopic (exact) mass is 515 g/mol. The summed E-state index contributed by atoms with van der Waals surface area (Å²) in [4.78, 5) is 21.6. The predicted molar refractivity (Wildman–Crippen MR) is 138 cm³/mol. The van der Waals surface area contributed by atoms with E-state index >= 15 is 0 Å². The first-order valence-electron chi connectivity index (χ1n) is 11.5. The second kappa shape index (κ2) is 12.4. The molecule has 186 valence electrons. The van der Waals surface area contributed by atoms with Crippen LogP contribution in [0.25, 0.3) is 0 Å². The summed E-state index contributed by atoms with van der Waals surface area (Å²) in [7, 11) is 3.28. The molecule has 35 heavy (non-hydrogen) atoms. The minimum Gasteiger partial charge on any atom is -0.493 e. The Kier molecular flexibility index (Phi) is 8.98. The summed E-state index contributed by atoms with van der Waals surface area (Å²) >= 11 is 7.75. The molecular weight excluding hydrogens is 486 g/mol. The van der Waals surface area contributed by atoms with E-state index in [0.717, 1.165) is 46.4 Å². The molecule has 2 aromatic carbocycles. The topological polar surface area (TPSA) is 64.1 Å². The average Bonchev–Trinajstić information content (AvgIpc) is 3.35. The van der Waals surface area contributed by atoms with Gasteiger partial charge in [-0.2, -0.15) is 0 Å². The molecule has 1 aliphatic heterocycles. The molecule has 0 N–H and O–H groups in total. The van der Waals surface area contributed by atoms with Gasteiger partial charge in [0, 0.05) is 36.6 Å². The molecule has 3 aromatic rings. The molecule has 0 radical (unpaired) electrons. The largest absolute Gasteiger partial charge is 0.493 e. The number of halogens is 1. The molecular formula is C26H30ClN3O4S. The third-order valence-electron chi connectivity index (χ3n) is 5.89. The van der Waals surface area contributed by atoms with Gasteiger partial charge < -0.3 is 19.1 Å². The van der Waals surface area contributed by atoms with E-state index < -0.39 is 0 Å². The zero-order valence-electron chi connectivity index (χ0n) is 20.0. The van der Waals surface area contributed by atoms with Crippen LogP contribution in [0.3, 0.4) is 0 Å². The van der Waals surface area contributed by atoms with E-state index in [1.54, 1.807) is 14.2 Å². The van der Waals surface area contributed by atoms with E-state index in [-0.39, 0.29) is 5.91 Å². The minimum atomic E-state index is -0.0254. The van der Waals surface area contributed by atoms with Gasteiger partial charge in [-0.25, -0.2) is 4.98 Å². The third kappa shape index (κ3) is 6.95. The molecule has 1 aromatic heterocycles. The number of hydrogen-bond donors (Lipinski definition) is 0. The number of morpholine rings is 1. The van der Waals surface area contributed by atoms with Crippen molar-refractivity contribution in [1.29, 1.82) is 0 Å². The summed E-state index contributed by atoms with van der Waals surface area (Å²) < 4.78 is 16.2. The van der Waals surface area contributed by atoms with Gasteiger partial charge in [-0.1, -0.05) is 29.8 Å². The van der Waals surface area contributed by atoms with Crippen LogP contribution in [0.1, 0.15) is 26.6 Å². The number of benzene rings is 2. The highest BCUT2D eigenvalue weighted by Crippen LogP contribution is 2.28. The maximum absolute atomic E-state index is 12.8. The number of nitrogens with zero attached hydrogens (tertiary/aromatic N) is 3. The van der Waals surface area contributed by atoms with Gasteiger partial charge in [-0.05, 0) is 41.8 Å². The Morgan fingerprint density at radius 3 is 2.63 bits per heavy atom. The zero-order chi connectivity index (χ0) is 24.6. The van der Waals surface area contributed by atoms with Crippen LogP contribution in [-0.4, -0.2) is 67.8 Å². The highest BCUT2D eigenvalue weighted by Gasteiger charge is 2.21. The van der Waals surface area contributed by atoms with Crippen molar-refractivity contribution in [2.75, 3.05) is 47.1 Å². The molecule has 2 heterocycles. The number of carbonyl (C=O) groups is 1. The SMILES string of the molecule is COc1ccc(CCN(Cc2cccc(Cl)c2)Cc2nc(C(=O)N3CCOCC3)cs2)cc1OC. The summed E-state index contributed by atoms with van der Waals surface area (Å²) in [5, 5.41) is 3.49. The molecule has 0 spiro atoms. The fraction of sp³-hybridized carbons (Fsp3) is 0.385. The lowest BCUT2D eigenvalue weighted by Crippen LogP contribution is -2.40. The lowest BCUT2D eigenvalue weighted by molar-refractivity contribution is 0.0299. The number of thiazole rings is 1. The summed E-state index contributed by atoms with van der Waals surface area (Å²) in [6.07, 6.45) is 0.825. The molecule has 7 nitrogen and oxygen atoms in total. The van der Waals surface area contributed by atoms with Gasteiger partial charge in [0.15, 0.2) is 11.5 Å². The van der Waals surface area contributed by atoms with Crippen molar-refractivity contribution in [3.8, 4) is 11.5 Å². The van der Waals surface area contributed by atoms with Crippen molar-refractivity contribution in [3.63, 3.8) is 0 Å². The molecule has 1 fully saturated rings. The van der Waals surface area contributed by atoms with Crippen LogP contribution in [0.15, 0.2) is 47.8 Å². The van der Waals surface area contributed by atoms with Crippen LogP contribution < -0.4 is 9.47 Å². The molecule has 0 saturated carbocycles. The standard InChI is InChI=1S/C26H30ClN3O4S/c1-32-23-7-6-19(15-24(23)33-2)8-9-29(16-20-4-3-5-21(27)14-20)17-25-28-22(18-35-25)26(31)30-10-12-34-13-11-30/h3-7,14-15,18H,8-13,16-17H2,1-2H3. The van der Waals surface area contributed by atoms with Crippen molar-refractivity contribution in [2.24, 2.45) is 0 Å². The molecule has 4 rings (SSSR count). The number of methoxy groups -OCH3 is 2. The lowest BCUT2D eigenvalue weighted by atomic mass is 10.1. The minimum absolute atomic E-state index is 0.0254. The molecule has 9 heteroatoms. The third-order valence-corrected chi connectivity index (χ3v) is 6.96. The molecule has 1 amide bonds. The molecule has 0 unspecified atom stereocenters. The van der Waals surface area contributed by atoms with Gasteiger partial charge in [0.2, 0.25) is 0 Å². The normalized spacial score (nSPS) is 13.8. The van der Waals surface area contributed by atoms with E-state index in [0.29, 0.717) is 44.3 Å². The molecule has 0 bridgehead atoms. The van der Waals surface area contributed by atoms with E-state index in [1.807, 2.05) is 40.6 Å². The Morgan fingerprint density at radius 1 is 1.09 bits per heavy atom. The number of aromatic nitrogens is 1. The number of hydrogen-bond acceptors (Lipinski definition) is 7. The van der Waals surface area contributed by atoms with Crippen LogP contribution >= 0.6 is 22.9 Å². The van der Waals surface area contributed by atoms with Crippen LogP contribution in [0.5, 0.6) is 11.5 Å². The number of rotatable bonds is 10. The second-order valence-electron chi connectivity index (χ2n) is 8.31. The summed E-state index contributed by atoms with van der Waals surface area (Å²) in [6.45, 7) is 4.53. The van der Waals surface area contributed by atoms with Crippen molar-refractivity contribution < 1.29 is 19.0 Å². The Morgan fingerprint density at radius 2 is 1.89 bits per heavy atom. The van der Waals surface area contributed by atoms with Crippen LogP contribution in [0.4, 0.5) is 0 Å². The summed E-state index contributed by atoms with van der Waals surface area (Å²) in [5.41, 5.74) is 2.79. The highest BCUT2D eigenvalue weighted by molar-refractivity contribution is 7.09. The molecule has 1 aliphatic rings. The molecule has 1 saturated heterocycles. The average molecular weight is 516 g/mol. The van der Waals surface area contributed by atoms with E-state index in [9.17, 15) is 4.79 Å². The van der Waals surface area contributed by atoms with Crippen molar-refractivity contribution in [3.05, 3.63) is 74.7 Å². The molecule has 0 atom stereocenters. The van der Waals surface area contributed by atoms with Gasteiger partial charge in [0.1, 0.15) is 10.7 Å². The van der Waals surface area contributed by atoms with Crippen molar-refractivity contribution >= 4 is 28.8 Å². The van der Waals surface area contributed by atoms with Gasteiger partial charge in [-0.3, -0.25) is 9.69 Å². The fourth-order valence-electron chi connectivity index (χ4n) is 4.03. The van der Waals surface area contributed by atoms with Gasteiger partial charge in [0.25, 0.3) is 5.91 Å². The van der Waals surface area contributed by atoms with Crippen LogP contribution in [0, 0.1) is 0 Å². The summed E-state index contributed by atoms with van der Waals surface area (Å²) in [5.74, 6) is 1.41. The van der Waals surface area contributed by atoms with Crippen molar-refractivity contribution in [1.82, 2.24) is 14.8 Å². The highest BCUT2D eigenvalue weighted by atomic mass is 35.5. The Balaban J connectivity index is 1.47. The van der Waals surface area contributed by atoms with Gasteiger partial charge in [-0.15, -0.1) is 11.3 Å². The molecule has 0 aliphatic carbocycles. The van der Waals surface area contributed by atoms with E-state index in [2.05, 4.69) is 22.0 Å². The van der Waals surface area contributed by atoms with E-state index in [4.69, 9.17) is 25.8 Å². The Labute approximate surface area is 215 Å². The van der Waals surface area contributed by atoms with Gasteiger partial charge in [0.05, 0.1) is 34.0 Å². The van der Waals surface area contributed by atoms with Crippen LogP contribution in [0.2, 0.25) is 5.02 Å². The lowest BCUT2D eigenvalue weighted by Gasteiger charge is -2.26. The van der Waals surface area contributed by atoms with E-state index in [1.165, 1.54) is 11.3 Å².